The van der Waals surface area contributed by atoms with Gasteiger partial charge in [0, 0.05) is 0 Å². The van der Waals surface area contributed by atoms with Gasteiger partial charge in [0.25, 0.3) is 0 Å². The van der Waals surface area contributed by atoms with Crippen LogP contribution >= 0.6 is 0 Å². The minimum Gasteiger partial charge on any atom is -0.443 e. The lowest BCUT2D eigenvalue weighted by molar-refractivity contribution is 0.0309. The van der Waals surface area contributed by atoms with Gasteiger partial charge in [0.15, 0.2) is 0 Å². The van der Waals surface area contributed by atoms with E-state index in [1.54, 1.807) is 26.8 Å². The Hall–Kier alpha value is -1.64. The maximum Gasteiger partial charge on any atom is 0.418 e. The Labute approximate surface area is 141 Å². The molecule has 1 N–H and O–H groups in total. The molecule has 2 saturated carbocycles. The summed E-state index contributed by atoms with van der Waals surface area (Å²) in [5, 5.41) is 0. The first kappa shape index (κ1) is 18.7. The van der Waals surface area contributed by atoms with Crippen LogP contribution in [0.4, 0.5) is 14.0 Å². The fourth-order valence-corrected chi connectivity index (χ4v) is 3.64. The number of carbonyl (C=O) groups excluding carboxylic acids is 2. The van der Waals surface area contributed by atoms with Crippen molar-refractivity contribution in [2.45, 2.75) is 56.4 Å². The zero-order valence-corrected chi connectivity index (χ0v) is 14.9. The van der Waals surface area contributed by atoms with Crippen molar-refractivity contribution in [3.05, 3.63) is 12.7 Å². The monoisotopic (exact) mass is 362 g/mol. The number of rotatable bonds is 5. The number of urea groups is 1. The van der Waals surface area contributed by atoms with Gasteiger partial charge in [0.2, 0.25) is 10.0 Å². The standard InChI is InChI=1S/C15H23FN2O5S/c1-5-10-8-11(10)18(13(20)23-14(2,3)4)12(19)17-24(21,22)15(9-16)6-7-15/h5,10-11H,1,6-9H2,2-4H3,(H,17,19)/t10-,11-/m1/s1. The summed E-state index contributed by atoms with van der Waals surface area (Å²) in [7, 11) is -4.20. The molecule has 2 atom stereocenters. The summed E-state index contributed by atoms with van der Waals surface area (Å²) in [4.78, 5) is 25.5. The summed E-state index contributed by atoms with van der Waals surface area (Å²) in [6.07, 6.45) is 1.45. The fourth-order valence-electron chi connectivity index (χ4n) is 2.32. The highest BCUT2D eigenvalue weighted by atomic mass is 32.2. The van der Waals surface area contributed by atoms with E-state index >= 15 is 0 Å². The first-order valence-electron chi connectivity index (χ1n) is 7.73. The Morgan fingerprint density at radius 3 is 2.38 bits per heavy atom. The number of carbonyl (C=O) groups is 2. The molecule has 3 amide bonds. The molecule has 24 heavy (non-hydrogen) atoms. The third kappa shape index (κ3) is 3.71. The van der Waals surface area contributed by atoms with E-state index in [4.69, 9.17) is 4.74 Å². The summed E-state index contributed by atoms with van der Waals surface area (Å²) < 4.78 is 42.8. The molecular weight excluding hydrogens is 339 g/mol. The molecule has 0 aliphatic heterocycles. The predicted molar refractivity (Wildman–Crippen MR) is 85.6 cm³/mol. The third-order valence-electron chi connectivity index (χ3n) is 4.09. The topological polar surface area (TPSA) is 92.8 Å². The van der Waals surface area contributed by atoms with Crippen LogP contribution in [-0.4, -0.2) is 48.5 Å². The van der Waals surface area contributed by atoms with E-state index in [1.165, 1.54) is 0 Å². The number of hydrogen-bond acceptors (Lipinski definition) is 5. The number of nitrogens with zero attached hydrogens (tertiary/aromatic N) is 1. The van der Waals surface area contributed by atoms with Gasteiger partial charge in [-0.1, -0.05) is 6.08 Å². The summed E-state index contributed by atoms with van der Waals surface area (Å²) >= 11 is 0. The van der Waals surface area contributed by atoms with Crippen molar-refractivity contribution >= 4 is 22.1 Å². The number of halogens is 1. The molecule has 7 nitrogen and oxygen atoms in total. The van der Waals surface area contributed by atoms with Gasteiger partial charge in [-0.05, 0) is 46.0 Å². The fraction of sp³-hybridized carbons (Fsp3) is 0.733. The second-order valence-corrected chi connectivity index (χ2v) is 9.36. The average Bonchev–Trinajstić information content (AvgIpc) is 3.31. The van der Waals surface area contributed by atoms with Crippen LogP contribution in [0.3, 0.4) is 0 Å². The van der Waals surface area contributed by atoms with Crippen LogP contribution in [0.15, 0.2) is 12.7 Å². The number of hydrogen-bond donors (Lipinski definition) is 1. The van der Waals surface area contributed by atoms with Gasteiger partial charge in [-0.15, -0.1) is 6.58 Å². The Morgan fingerprint density at radius 1 is 1.42 bits per heavy atom. The number of amides is 3. The highest BCUT2D eigenvalue weighted by Crippen LogP contribution is 2.43. The van der Waals surface area contributed by atoms with Crippen molar-refractivity contribution in [3.8, 4) is 0 Å². The van der Waals surface area contributed by atoms with Crippen LogP contribution in [0.25, 0.3) is 0 Å². The quantitative estimate of drug-likeness (QED) is 0.758. The van der Waals surface area contributed by atoms with E-state index in [9.17, 15) is 22.4 Å². The summed E-state index contributed by atoms with van der Waals surface area (Å²) in [6, 6.07) is -1.62. The molecule has 2 rings (SSSR count). The van der Waals surface area contributed by atoms with Crippen LogP contribution in [-0.2, 0) is 14.8 Å². The van der Waals surface area contributed by atoms with Gasteiger partial charge in [-0.3, -0.25) is 0 Å². The normalized spacial score (nSPS) is 24.7. The molecule has 0 spiro atoms. The third-order valence-corrected chi connectivity index (χ3v) is 6.19. The van der Waals surface area contributed by atoms with Gasteiger partial charge in [0.1, 0.15) is 17.0 Å². The van der Waals surface area contributed by atoms with E-state index < -0.39 is 45.2 Å². The van der Waals surface area contributed by atoms with Crippen molar-refractivity contribution in [1.82, 2.24) is 9.62 Å². The van der Waals surface area contributed by atoms with Crippen LogP contribution in [0.2, 0.25) is 0 Å². The molecule has 2 aliphatic rings. The second-order valence-electron chi connectivity index (χ2n) is 7.28. The van der Waals surface area contributed by atoms with Crippen LogP contribution in [0.1, 0.15) is 40.0 Å². The highest BCUT2D eigenvalue weighted by molar-refractivity contribution is 7.91. The van der Waals surface area contributed by atoms with E-state index in [0.717, 1.165) is 4.90 Å². The first-order valence-corrected chi connectivity index (χ1v) is 9.22. The molecule has 0 heterocycles. The molecule has 2 aliphatic carbocycles. The van der Waals surface area contributed by atoms with Crippen molar-refractivity contribution in [1.29, 1.82) is 0 Å². The molecule has 2 fully saturated rings. The number of ether oxygens (including phenoxy) is 1. The minimum absolute atomic E-state index is 0.109. The summed E-state index contributed by atoms with van der Waals surface area (Å²) in [6.45, 7) is 7.45. The molecule has 136 valence electrons. The molecule has 0 aromatic rings. The maximum atomic E-state index is 13.0. The number of imide groups is 1. The Morgan fingerprint density at radius 2 is 2.00 bits per heavy atom. The van der Waals surface area contributed by atoms with Gasteiger partial charge in [-0.25, -0.2) is 32.0 Å². The Balaban J connectivity index is 2.17. The van der Waals surface area contributed by atoms with Crippen molar-refractivity contribution in [2.75, 3.05) is 6.67 Å². The highest BCUT2D eigenvalue weighted by Gasteiger charge is 2.57. The van der Waals surface area contributed by atoms with Crippen LogP contribution in [0, 0.1) is 5.92 Å². The molecule has 0 bridgehead atoms. The number of sulfonamides is 1. The smallest absolute Gasteiger partial charge is 0.418 e. The molecule has 0 aromatic carbocycles. The predicted octanol–water partition coefficient (Wildman–Crippen LogP) is 2.34. The Kier molecular flexibility index (Phi) is 4.69. The Bertz CT molecular complexity index is 651. The number of alkyl halides is 1. The van der Waals surface area contributed by atoms with Gasteiger partial charge >= 0.3 is 12.1 Å². The molecular formula is C15H23FN2O5S. The molecule has 0 radical (unpaired) electrons. The lowest BCUT2D eigenvalue weighted by Crippen LogP contribution is -2.51. The van der Waals surface area contributed by atoms with Gasteiger partial charge in [-0.2, -0.15) is 0 Å². The van der Waals surface area contributed by atoms with E-state index in [0.29, 0.717) is 6.42 Å². The van der Waals surface area contributed by atoms with Crippen molar-refractivity contribution in [2.24, 2.45) is 5.92 Å². The van der Waals surface area contributed by atoms with E-state index in [2.05, 4.69) is 6.58 Å². The van der Waals surface area contributed by atoms with E-state index in [-0.39, 0.29) is 18.8 Å². The van der Waals surface area contributed by atoms with Crippen molar-refractivity contribution in [3.63, 3.8) is 0 Å². The summed E-state index contributed by atoms with van der Waals surface area (Å²) in [5.74, 6) is -0.109. The van der Waals surface area contributed by atoms with Gasteiger partial charge in [0.05, 0.1) is 6.04 Å². The maximum absolute atomic E-state index is 13.0. The lowest BCUT2D eigenvalue weighted by atomic mass is 10.2. The van der Waals surface area contributed by atoms with Gasteiger partial charge < -0.3 is 4.74 Å². The van der Waals surface area contributed by atoms with E-state index in [1.807, 2.05) is 4.72 Å². The van der Waals surface area contributed by atoms with Crippen molar-refractivity contribution < 1.29 is 27.1 Å². The zero-order chi connectivity index (χ0) is 18.3. The lowest BCUT2D eigenvalue weighted by Gasteiger charge is -2.27. The molecule has 0 unspecified atom stereocenters. The molecule has 0 saturated heterocycles. The largest absolute Gasteiger partial charge is 0.443 e. The van der Waals surface area contributed by atoms with Crippen LogP contribution < -0.4 is 4.72 Å². The van der Waals surface area contributed by atoms with Crippen LogP contribution in [0.5, 0.6) is 0 Å². The molecule has 9 heteroatoms. The average molecular weight is 362 g/mol. The SMILES string of the molecule is C=C[C@@H]1C[C@H]1N(C(=O)NS(=O)(=O)C1(CF)CC1)C(=O)OC(C)(C)C. The summed E-state index contributed by atoms with van der Waals surface area (Å²) in [5.41, 5.74) is -0.844. The number of nitrogens with one attached hydrogen (secondary N) is 1. The second kappa shape index (κ2) is 6.02. The zero-order valence-electron chi connectivity index (χ0n) is 14.0. The molecule has 0 aromatic heterocycles. The minimum atomic E-state index is -4.20. The first-order chi connectivity index (χ1) is 11.0.